The van der Waals surface area contributed by atoms with Gasteiger partial charge in [-0.2, -0.15) is 0 Å². The van der Waals surface area contributed by atoms with Crippen LogP contribution in [0.25, 0.3) is 33.4 Å². The number of hydrogen-bond acceptors (Lipinski definition) is 8. The molecule has 0 spiro atoms. The second-order valence-electron chi connectivity index (χ2n) is 10.2. The lowest BCUT2D eigenvalue weighted by atomic mass is 9.95. The van der Waals surface area contributed by atoms with E-state index in [0.29, 0.717) is 52.9 Å². The second-order valence-corrected chi connectivity index (χ2v) is 10.9. The zero-order valence-corrected chi connectivity index (χ0v) is 25.9. The summed E-state index contributed by atoms with van der Waals surface area (Å²) in [6, 6.07) is 21.9. The smallest absolute Gasteiger partial charge is 0.265 e. The summed E-state index contributed by atoms with van der Waals surface area (Å²) < 4.78 is 11.4. The lowest BCUT2D eigenvalue weighted by molar-refractivity contribution is -0.121. The van der Waals surface area contributed by atoms with Crippen LogP contribution in [-0.2, 0) is 14.4 Å². The normalized spacial score (nSPS) is 13.1. The van der Waals surface area contributed by atoms with Gasteiger partial charge in [-0.05, 0) is 35.4 Å². The maximum atomic E-state index is 12.6. The molecule has 0 bridgehead atoms. The molecule has 0 fully saturated rings. The fourth-order valence-electron chi connectivity index (χ4n) is 5.20. The van der Waals surface area contributed by atoms with Gasteiger partial charge in [0.05, 0.1) is 34.1 Å². The number of aliphatic hydroxyl groups is 1. The maximum Gasteiger partial charge on any atom is 0.265 e. The van der Waals surface area contributed by atoms with Crippen LogP contribution in [-0.4, -0.2) is 69.6 Å². The van der Waals surface area contributed by atoms with E-state index in [1.807, 2.05) is 66.7 Å². The van der Waals surface area contributed by atoms with Crippen LogP contribution in [0.4, 0.5) is 11.4 Å². The molecule has 5 rings (SSSR count). The van der Waals surface area contributed by atoms with E-state index in [4.69, 9.17) is 32.7 Å². The molecule has 1 unspecified atom stereocenters. The summed E-state index contributed by atoms with van der Waals surface area (Å²) in [5.41, 5.74) is 5.96. The SMILES string of the molecule is CNc1ccc(-c2cccc(-c3cccc(-c4ccc5c(c4)OCC(=O)N5CCNC(C=O)CO)c3Cl)c2Cl)cc1OCC=O. The Kier molecular flexibility index (Phi) is 10.4. The molecular formula is C34H31Cl2N3O6. The molecule has 1 heterocycles. The van der Waals surface area contributed by atoms with Gasteiger partial charge in [0, 0.05) is 42.4 Å². The van der Waals surface area contributed by atoms with E-state index in [2.05, 4.69) is 10.6 Å². The summed E-state index contributed by atoms with van der Waals surface area (Å²) in [5.74, 6) is 0.853. The molecule has 1 aliphatic rings. The van der Waals surface area contributed by atoms with Gasteiger partial charge >= 0.3 is 0 Å². The van der Waals surface area contributed by atoms with Crippen molar-refractivity contribution >= 4 is 53.1 Å². The van der Waals surface area contributed by atoms with Crippen molar-refractivity contribution in [1.29, 1.82) is 0 Å². The number of rotatable bonds is 13. The molecule has 1 amide bonds. The van der Waals surface area contributed by atoms with Crippen LogP contribution in [0.5, 0.6) is 11.5 Å². The van der Waals surface area contributed by atoms with Crippen molar-refractivity contribution in [3.63, 3.8) is 0 Å². The van der Waals surface area contributed by atoms with Gasteiger partial charge in [-0.15, -0.1) is 0 Å². The van der Waals surface area contributed by atoms with Gasteiger partial charge in [-0.1, -0.05) is 71.7 Å². The van der Waals surface area contributed by atoms with Crippen molar-refractivity contribution < 1.29 is 29.0 Å². The van der Waals surface area contributed by atoms with Gasteiger partial charge in [0.2, 0.25) is 0 Å². The van der Waals surface area contributed by atoms with Crippen molar-refractivity contribution in [2.45, 2.75) is 6.04 Å². The summed E-state index contributed by atoms with van der Waals surface area (Å²) in [4.78, 5) is 36.1. The average Bonchev–Trinajstić information content (AvgIpc) is 3.06. The predicted molar refractivity (Wildman–Crippen MR) is 177 cm³/mol. The van der Waals surface area contributed by atoms with Gasteiger partial charge in [0.1, 0.15) is 24.4 Å². The van der Waals surface area contributed by atoms with Gasteiger partial charge in [0.25, 0.3) is 5.91 Å². The highest BCUT2D eigenvalue weighted by molar-refractivity contribution is 6.39. The third-order valence-electron chi connectivity index (χ3n) is 7.47. The molecule has 4 aromatic rings. The lowest BCUT2D eigenvalue weighted by Crippen LogP contribution is -2.45. The van der Waals surface area contributed by atoms with E-state index in [1.54, 1.807) is 18.0 Å². The Bertz CT molecular complexity index is 1730. The molecule has 232 valence electrons. The Morgan fingerprint density at radius 3 is 2.22 bits per heavy atom. The predicted octanol–water partition coefficient (Wildman–Crippen LogP) is 5.49. The summed E-state index contributed by atoms with van der Waals surface area (Å²) in [7, 11) is 1.78. The number of amides is 1. The largest absolute Gasteiger partial charge is 0.484 e. The molecule has 1 aliphatic heterocycles. The molecule has 0 aromatic heterocycles. The van der Waals surface area contributed by atoms with E-state index in [0.717, 1.165) is 39.1 Å². The lowest BCUT2D eigenvalue weighted by Gasteiger charge is -2.30. The van der Waals surface area contributed by atoms with E-state index in [1.165, 1.54) is 0 Å². The molecule has 45 heavy (non-hydrogen) atoms. The minimum absolute atomic E-state index is 0.0694. The van der Waals surface area contributed by atoms with Gasteiger partial charge in [-0.3, -0.25) is 9.59 Å². The fraction of sp³-hybridized carbons (Fsp3) is 0.206. The maximum absolute atomic E-state index is 12.6. The Labute approximate surface area is 270 Å². The number of halogens is 2. The summed E-state index contributed by atoms with van der Waals surface area (Å²) in [5, 5.41) is 16.2. The van der Waals surface area contributed by atoms with Crippen molar-refractivity contribution in [2.75, 3.05) is 50.2 Å². The zero-order chi connectivity index (χ0) is 31.9. The van der Waals surface area contributed by atoms with Crippen molar-refractivity contribution in [3.8, 4) is 44.9 Å². The molecule has 0 saturated heterocycles. The van der Waals surface area contributed by atoms with Crippen LogP contribution in [0, 0.1) is 0 Å². The topological polar surface area (TPSA) is 117 Å². The summed E-state index contributed by atoms with van der Waals surface area (Å²) >= 11 is 14.1. The molecular weight excluding hydrogens is 617 g/mol. The minimum atomic E-state index is -0.689. The number of fused-ring (bicyclic) bond motifs is 1. The first-order valence-electron chi connectivity index (χ1n) is 14.2. The number of nitrogens with one attached hydrogen (secondary N) is 2. The number of benzene rings is 4. The number of carbonyl (C=O) groups is 3. The standard InChI is InChI=1S/C34H31Cl2N3O6/c1-37-28-10-8-21(16-30(28)44-15-14-40)24-4-2-6-26(33(24)35)27-7-3-5-25(34(27)36)22-9-11-29-31(17-22)45-20-32(43)39(29)13-12-38-23(18-41)19-42/h2-11,14,16-18,23,37-38,42H,12-13,15,19-20H2,1H3. The van der Waals surface area contributed by atoms with Crippen molar-refractivity contribution in [3.05, 3.63) is 82.8 Å². The number of carbonyl (C=O) groups excluding carboxylic acids is 3. The molecule has 0 radical (unpaired) electrons. The molecule has 3 N–H and O–H groups in total. The summed E-state index contributed by atoms with van der Waals surface area (Å²) in [6.07, 6.45) is 1.33. The quantitative estimate of drug-likeness (QED) is 0.163. The third kappa shape index (κ3) is 6.82. The molecule has 1 atom stereocenters. The van der Waals surface area contributed by atoms with E-state index >= 15 is 0 Å². The van der Waals surface area contributed by atoms with Crippen LogP contribution < -0.4 is 25.0 Å². The van der Waals surface area contributed by atoms with Gasteiger partial charge < -0.3 is 34.9 Å². The fourth-order valence-corrected chi connectivity index (χ4v) is 5.87. The number of anilines is 2. The minimum Gasteiger partial charge on any atom is -0.484 e. The molecule has 0 saturated carbocycles. The third-order valence-corrected chi connectivity index (χ3v) is 8.29. The average molecular weight is 649 g/mol. The van der Waals surface area contributed by atoms with Gasteiger partial charge in [0.15, 0.2) is 12.9 Å². The molecule has 4 aromatic carbocycles. The number of nitrogens with zero attached hydrogens (tertiary/aromatic N) is 1. The first-order chi connectivity index (χ1) is 21.9. The molecule has 11 heteroatoms. The van der Waals surface area contributed by atoms with E-state index in [-0.39, 0.29) is 25.7 Å². The highest BCUT2D eigenvalue weighted by atomic mass is 35.5. The van der Waals surface area contributed by atoms with Crippen LogP contribution >= 0.6 is 23.2 Å². The van der Waals surface area contributed by atoms with Gasteiger partial charge in [-0.25, -0.2) is 0 Å². The summed E-state index contributed by atoms with van der Waals surface area (Å²) in [6.45, 7) is 0.0998. The van der Waals surface area contributed by atoms with Crippen molar-refractivity contribution in [1.82, 2.24) is 5.32 Å². The molecule has 9 nitrogen and oxygen atoms in total. The van der Waals surface area contributed by atoms with Crippen LogP contribution in [0.15, 0.2) is 72.8 Å². The van der Waals surface area contributed by atoms with Crippen LogP contribution in [0.2, 0.25) is 10.0 Å². The highest BCUT2D eigenvalue weighted by Gasteiger charge is 2.26. The van der Waals surface area contributed by atoms with Crippen molar-refractivity contribution in [2.24, 2.45) is 0 Å². The first kappa shape index (κ1) is 32.0. The Morgan fingerprint density at radius 1 is 0.956 bits per heavy atom. The number of ether oxygens (including phenoxy) is 2. The number of hydrogen-bond donors (Lipinski definition) is 3. The number of aldehydes is 2. The first-order valence-corrected chi connectivity index (χ1v) is 15.0. The van der Waals surface area contributed by atoms with Crippen LogP contribution in [0.3, 0.4) is 0 Å². The Hall–Kier alpha value is -4.41. The van der Waals surface area contributed by atoms with E-state index in [9.17, 15) is 19.5 Å². The number of aliphatic hydroxyl groups excluding tert-OH is 1. The monoisotopic (exact) mass is 647 g/mol. The molecule has 0 aliphatic carbocycles. The Morgan fingerprint density at radius 2 is 1.60 bits per heavy atom. The highest BCUT2D eigenvalue weighted by Crippen LogP contribution is 2.44. The Balaban J connectivity index is 1.46. The zero-order valence-electron chi connectivity index (χ0n) is 24.4. The second kappa shape index (κ2) is 14.6. The van der Waals surface area contributed by atoms with Crippen LogP contribution in [0.1, 0.15) is 0 Å². The van der Waals surface area contributed by atoms with E-state index < -0.39 is 6.04 Å².